The van der Waals surface area contributed by atoms with Crippen molar-refractivity contribution in [2.75, 3.05) is 13.2 Å². The van der Waals surface area contributed by atoms with Gasteiger partial charge in [-0.1, -0.05) is 31.2 Å². The summed E-state index contributed by atoms with van der Waals surface area (Å²) in [5, 5.41) is 3.01. The smallest absolute Gasteiger partial charge is 0.227 e. The van der Waals surface area contributed by atoms with Crippen LogP contribution in [0, 0.1) is 5.92 Å². The molecule has 4 heteroatoms. The van der Waals surface area contributed by atoms with Crippen molar-refractivity contribution in [3.05, 3.63) is 35.4 Å². The monoisotopic (exact) mass is 262 g/mol. The molecule has 3 unspecified atom stereocenters. The van der Waals surface area contributed by atoms with Crippen molar-refractivity contribution in [2.45, 2.75) is 32.4 Å². The first kappa shape index (κ1) is 14.0. The van der Waals surface area contributed by atoms with Gasteiger partial charge in [-0.2, -0.15) is 0 Å². The molecular weight excluding hydrogens is 240 g/mol. The van der Waals surface area contributed by atoms with Crippen molar-refractivity contribution in [1.29, 1.82) is 0 Å². The number of ether oxygens (including phenoxy) is 1. The van der Waals surface area contributed by atoms with Gasteiger partial charge in [0, 0.05) is 6.04 Å². The third kappa shape index (κ3) is 3.33. The minimum Gasteiger partial charge on any atom is -0.379 e. The third-order valence-electron chi connectivity index (χ3n) is 3.71. The minimum atomic E-state index is -0.225. The Morgan fingerprint density at radius 2 is 2.11 bits per heavy atom. The lowest BCUT2D eigenvalue weighted by Crippen LogP contribution is -2.41. The summed E-state index contributed by atoms with van der Waals surface area (Å²) in [7, 11) is 0. The first-order valence-electron chi connectivity index (χ1n) is 6.84. The summed E-state index contributed by atoms with van der Waals surface area (Å²) in [4.78, 5) is 12.1. The van der Waals surface area contributed by atoms with E-state index in [2.05, 4.69) is 36.5 Å². The molecule has 0 bridgehead atoms. The number of hydrogen-bond donors (Lipinski definition) is 2. The maximum Gasteiger partial charge on any atom is 0.227 e. The number of carbonyl (C=O) groups is 1. The lowest BCUT2D eigenvalue weighted by molar-refractivity contribution is -0.125. The van der Waals surface area contributed by atoms with E-state index in [0.29, 0.717) is 13.2 Å². The molecule has 104 valence electrons. The zero-order valence-electron chi connectivity index (χ0n) is 11.6. The number of amides is 1. The molecule has 3 atom stereocenters. The summed E-state index contributed by atoms with van der Waals surface area (Å²) in [6, 6.07) is 8.13. The van der Waals surface area contributed by atoms with E-state index in [1.54, 1.807) is 0 Å². The molecule has 1 fully saturated rings. The van der Waals surface area contributed by atoms with Crippen LogP contribution in [0.15, 0.2) is 24.3 Å². The molecule has 0 aliphatic carbocycles. The largest absolute Gasteiger partial charge is 0.379 e. The molecule has 0 spiro atoms. The molecule has 19 heavy (non-hydrogen) atoms. The number of nitrogens with two attached hydrogens (primary N) is 1. The van der Waals surface area contributed by atoms with Crippen molar-refractivity contribution < 1.29 is 9.53 Å². The average molecular weight is 262 g/mol. The van der Waals surface area contributed by atoms with Crippen LogP contribution in [0.4, 0.5) is 0 Å². The van der Waals surface area contributed by atoms with Gasteiger partial charge in [0.05, 0.1) is 25.2 Å². The zero-order valence-corrected chi connectivity index (χ0v) is 11.6. The Bertz CT molecular complexity index is 430. The molecule has 1 heterocycles. The number of aryl methyl sites for hydroxylation is 1. The SMILES string of the molecule is CCc1ccc(C(C)NC(=O)C2COCC2N)cc1. The molecule has 0 radical (unpaired) electrons. The summed E-state index contributed by atoms with van der Waals surface area (Å²) in [5.41, 5.74) is 8.26. The number of hydrogen-bond acceptors (Lipinski definition) is 3. The summed E-state index contributed by atoms with van der Waals surface area (Å²) in [5.74, 6) is -0.241. The molecule has 3 N–H and O–H groups in total. The van der Waals surface area contributed by atoms with Gasteiger partial charge in [-0.05, 0) is 24.5 Å². The second-order valence-electron chi connectivity index (χ2n) is 5.13. The lowest BCUT2D eigenvalue weighted by atomic mass is 10.0. The fraction of sp³-hybridized carbons (Fsp3) is 0.533. The second-order valence-corrected chi connectivity index (χ2v) is 5.13. The topological polar surface area (TPSA) is 64.3 Å². The van der Waals surface area contributed by atoms with E-state index in [1.165, 1.54) is 5.56 Å². The van der Waals surface area contributed by atoms with Crippen molar-refractivity contribution in [3.8, 4) is 0 Å². The molecule has 0 saturated carbocycles. The van der Waals surface area contributed by atoms with E-state index < -0.39 is 0 Å². The van der Waals surface area contributed by atoms with Crippen LogP contribution in [0.1, 0.15) is 31.0 Å². The summed E-state index contributed by atoms with van der Waals surface area (Å²) in [6.07, 6.45) is 1.02. The normalized spacial score (nSPS) is 24.2. The van der Waals surface area contributed by atoms with Gasteiger partial charge in [0.2, 0.25) is 5.91 Å². The van der Waals surface area contributed by atoms with Gasteiger partial charge in [0.25, 0.3) is 0 Å². The van der Waals surface area contributed by atoms with Crippen LogP contribution in [0.3, 0.4) is 0 Å². The number of nitrogens with one attached hydrogen (secondary N) is 1. The van der Waals surface area contributed by atoms with Crippen LogP contribution in [0.25, 0.3) is 0 Å². The maximum absolute atomic E-state index is 12.1. The van der Waals surface area contributed by atoms with Crippen molar-refractivity contribution in [2.24, 2.45) is 11.7 Å². The maximum atomic E-state index is 12.1. The molecule has 1 saturated heterocycles. The minimum absolute atomic E-state index is 0.00814. The van der Waals surface area contributed by atoms with Gasteiger partial charge in [-0.15, -0.1) is 0 Å². The molecule has 0 aromatic heterocycles. The van der Waals surface area contributed by atoms with Crippen LogP contribution in [-0.4, -0.2) is 25.2 Å². The molecule has 1 amide bonds. The Morgan fingerprint density at radius 1 is 1.42 bits per heavy atom. The van der Waals surface area contributed by atoms with E-state index >= 15 is 0 Å². The number of rotatable bonds is 4. The number of benzene rings is 1. The Kier molecular flexibility index (Phi) is 4.56. The summed E-state index contributed by atoms with van der Waals surface area (Å²) < 4.78 is 5.22. The Hall–Kier alpha value is -1.39. The van der Waals surface area contributed by atoms with E-state index in [9.17, 15) is 4.79 Å². The zero-order chi connectivity index (χ0) is 13.8. The molecule has 1 aromatic carbocycles. The molecule has 1 aromatic rings. The molecular formula is C15H22N2O2. The fourth-order valence-corrected chi connectivity index (χ4v) is 2.29. The van der Waals surface area contributed by atoms with Crippen LogP contribution >= 0.6 is 0 Å². The second kappa shape index (κ2) is 6.17. The van der Waals surface area contributed by atoms with Gasteiger partial charge in [-0.3, -0.25) is 4.79 Å². The molecule has 2 rings (SSSR count). The predicted molar refractivity (Wildman–Crippen MR) is 74.7 cm³/mol. The van der Waals surface area contributed by atoms with Crippen LogP contribution in [0.2, 0.25) is 0 Å². The summed E-state index contributed by atoms with van der Waals surface area (Å²) >= 11 is 0. The van der Waals surface area contributed by atoms with E-state index in [0.717, 1.165) is 12.0 Å². The van der Waals surface area contributed by atoms with Gasteiger partial charge < -0.3 is 15.8 Å². The van der Waals surface area contributed by atoms with Crippen molar-refractivity contribution >= 4 is 5.91 Å². The van der Waals surface area contributed by atoms with Crippen molar-refractivity contribution in [1.82, 2.24) is 5.32 Å². The predicted octanol–water partition coefficient (Wildman–Crippen LogP) is 1.40. The standard InChI is InChI=1S/C15H22N2O2/c1-3-11-4-6-12(7-5-11)10(2)17-15(18)13-8-19-9-14(13)16/h4-7,10,13-14H,3,8-9,16H2,1-2H3,(H,17,18). The highest BCUT2D eigenvalue weighted by atomic mass is 16.5. The highest BCUT2D eigenvalue weighted by Crippen LogP contribution is 2.17. The average Bonchev–Trinajstić information content (AvgIpc) is 2.85. The first-order chi connectivity index (χ1) is 9.11. The van der Waals surface area contributed by atoms with Gasteiger partial charge >= 0.3 is 0 Å². The molecule has 1 aliphatic heterocycles. The Balaban J connectivity index is 1.95. The van der Waals surface area contributed by atoms with E-state index in [4.69, 9.17) is 10.5 Å². The van der Waals surface area contributed by atoms with Crippen LogP contribution < -0.4 is 11.1 Å². The lowest BCUT2D eigenvalue weighted by Gasteiger charge is -2.19. The van der Waals surface area contributed by atoms with Gasteiger partial charge in [0.15, 0.2) is 0 Å². The highest BCUT2D eigenvalue weighted by molar-refractivity contribution is 5.80. The Morgan fingerprint density at radius 3 is 2.63 bits per heavy atom. The van der Waals surface area contributed by atoms with Crippen LogP contribution in [-0.2, 0) is 16.0 Å². The van der Waals surface area contributed by atoms with E-state index in [1.807, 2.05) is 6.92 Å². The van der Waals surface area contributed by atoms with Crippen LogP contribution in [0.5, 0.6) is 0 Å². The third-order valence-corrected chi connectivity index (χ3v) is 3.71. The fourth-order valence-electron chi connectivity index (χ4n) is 2.29. The molecule has 4 nitrogen and oxygen atoms in total. The molecule has 1 aliphatic rings. The van der Waals surface area contributed by atoms with Gasteiger partial charge in [0.1, 0.15) is 0 Å². The highest BCUT2D eigenvalue weighted by Gasteiger charge is 2.31. The first-order valence-corrected chi connectivity index (χ1v) is 6.84. The summed E-state index contributed by atoms with van der Waals surface area (Å²) in [6.45, 7) is 5.01. The number of carbonyl (C=O) groups excluding carboxylic acids is 1. The quantitative estimate of drug-likeness (QED) is 0.862. The van der Waals surface area contributed by atoms with E-state index in [-0.39, 0.29) is 23.9 Å². The Labute approximate surface area is 114 Å². The van der Waals surface area contributed by atoms with Gasteiger partial charge in [-0.25, -0.2) is 0 Å². The van der Waals surface area contributed by atoms with Crippen molar-refractivity contribution in [3.63, 3.8) is 0 Å².